The van der Waals surface area contributed by atoms with Gasteiger partial charge in [0.1, 0.15) is 5.76 Å². The van der Waals surface area contributed by atoms with Gasteiger partial charge >= 0.3 is 0 Å². The van der Waals surface area contributed by atoms with Crippen LogP contribution >= 0.6 is 0 Å². The molecule has 4 heteroatoms. The third-order valence-electron chi connectivity index (χ3n) is 1.89. The molecule has 2 heterocycles. The Bertz CT molecular complexity index is 398. The fourth-order valence-corrected chi connectivity index (χ4v) is 1.15. The van der Waals surface area contributed by atoms with Crippen LogP contribution in [0.5, 0.6) is 0 Å². The molecule has 0 spiro atoms. The zero-order valence-electron chi connectivity index (χ0n) is 7.60. The minimum atomic E-state index is 0.614. The number of furan rings is 1. The van der Waals surface area contributed by atoms with Crippen molar-refractivity contribution in [1.82, 2.24) is 4.98 Å². The molecule has 0 saturated carbocycles. The Kier molecular flexibility index (Phi) is 2.36. The molecule has 0 radical (unpaired) electrons. The lowest BCUT2D eigenvalue weighted by atomic mass is 10.3. The van der Waals surface area contributed by atoms with Crippen LogP contribution in [0.25, 0.3) is 0 Å². The zero-order valence-corrected chi connectivity index (χ0v) is 7.60. The van der Waals surface area contributed by atoms with Gasteiger partial charge in [-0.05, 0) is 18.2 Å². The Hall–Kier alpha value is -1.97. The molecule has 3 N–H and O–H groups in total. The van der Waals surface area contributed by atoms with Crippen LogP contribution in [0, 0.1) is 0 Å². The Morgan fingerprint density at radius 3 is 3.07 bits per heavy atom. The van der Waals surface area contributed by atoms with Gasteiger partial charge in [0.15, 0.2) is 0 Å². The molecule has 2 aromatic rings. The van der Waals surface area contributed by atoms with Gasteiger partial charge in [0.05, 0.1) is 30.4 Å². The number of anilines is 2. The van der Waals surface area contributed by atoms with E-state index in [9.17, 15) is 0 Å². The Morgan fingerprint density at radius 1 is 1.43 bits per heavy atom. The van der Waals surface area contributed by atoms with E-state index in [0.717, 1.165) is 11.4 Å². The van der Waals surface area contributed by atoms with Crippen molar-refractivity contribution in [3.8, 4) is 0 Å². The first-order chi connectivity index (χ1) is 6.86. The minimum Gasteiger partial charge on any atom is -0.467 e. The van der Waals surface area contributed by atoms with Gasteiger partial charge in [0, 0.05) is 6.20 Å². The number of nitrogens with one attached hydrogen (secondary N) is 1. The maximum Gasteiger partial charge on any atom is 0.122 e. The monoisotopic (exact) mass is 189 g/mol. The van der Waals surface area contributed by atoms with Crippen LogP contribution in [0.2, 0.25) is 0 Å². The van der Waals surface area contributed by atoms with Crippen molar-refractivity contribution in [1.29, 1.82) is 0 Å². The Balaban J connectivity index is 2.02. The number of hydrogen-bond donors (Lipinski definition) is 2. The summed E-state index contributed by atoms with van der Waals surface area (Å²) in [6.07, 6.45) is 5.00. The van der Waals surface area contributed by atoms with Gasteiger partial charge in [-0.1, -0.05) is 0 Å². The van der Waals surface area contributed by atoms with E-state index < -0.39 is 0 Å². The van der Waals surface area contributed by atoms with Crippen molar-refractivity contribution in [3.63, 3.8) is 0 Å². The second-order valence-electron chi connectivity index (χ2n) is 2.90. The molecule has 0 unspecified atom stereocenters. The first kappa shape index (κ1) is 8.62. The first-order valence-corrected chi connectivity index (χ1v) is 4.32. The molecule has 4 nitrogen and oxygen atoms in total. The lowest BCUT2D eigenvalue weighted by Crippen LogP contribution is -2.01. The number of pyridine rings is 1. The fraction of sp³-hybridized carbons (Fsp3) is 0.100. The van der Waals surface area contributed by atoms with E-state index in [-0.39, 0.29) is 0 Å². The van der Waals surface area contributed by atoms with Gasteiger partial charge in [-0.15, -0.1) is 0 Å². The molecule has 0 atom stereocenters. The molecule has 14 heavy (non-hydrogen) atoms. The zero-order chi connectivity index (χ0) is 9.80. The highest BCUT2D eigenvalue weighted by Gasteiger charge is 1.98. The SMILES string of the molecule is Nc1ccncc1NCc1ccco1. The van der Waals surface area contributed by atoms with E-state index in [2.05, 4.69) is 10.3 Å². The summed E-state index contributed by atoms with van der Waals surface area (Å²) in [6, 6.07) is 5.51. The maximum atomic E-state index is 5.73. The number of nitrogen functional groups attached to an aromatic ring is 1. The minimum absolute atomic E-state index is 0.614. The molecule has 0 aliphatic carbocycles. The number of rotatable bonds is 3. The van der Waals surface area contributed by atoms with Gasteiger partial charge in [-0.25, -0.2) is 0 Å². The molecule has 0 fully saturated rings. The highest BCUT2D eigenvalue weighted by Crippen LogP contribution is 2.16. The molecule has 0 aromatic carbocycles. The van der Waals surface area contributed by atoms with Crippen LogP contribution in [0.1, 0.15) is 5.76 Å². The topological polar surface area (TPSA) is 64.1 Å². The average Bonchev–Trinajstić information content (AvgIpc) is 2.69. The highest BCUT2D eigenvalue weighted by atomic mass is 16.3. The normalized spacial score (nSPS) is 10.0. The fourth-order valence-electron chi connectivity index (χ4n) is 1.15. The lowest BCUT2D eigenvalue weighted by molar-refractivity contribution is 0.518. The molecular formula is C10H11N3O. The third-order valence-corrected chi connectivity index (χ3v) is 1.89. The average molecular weight is 189 g/mol. The standard InChI is InChI=1S/C10H11N3O/c11-9-3-4-12-7-10(9)13-6-8-2-1-5-14-8/h1-5,7,13H,6H2,(H2,11,12). The van der Waals surface area contributed by atoms with Crippen molar-refractivity contribution in [3.05, 3.63) is 42.6 Å². The van der Waals surface area contributed by atoms with Crippen molar-refractivity contribution in [2.24, 2.45) is 0 Å². The van der Waals surface area contributed by atoms with Crippen LogP contribution in [-0.4, -0.2) is 4.98 Å². The van der Waals surface area contributed by atoms with Crippen LogP contribution in [0.4, 0.5) is 11.4 Å². The van der Waals surface area contributed by atoms with E-state index in [1.54, 1.807) is 24.7 Å². The molecule has 72 valence electrons. The predicted molar refractivity (Wildman–Crippen MR) is 54.7 cm³/mol. The van der Waals surface area contributed by atoms with Crippen molar-refractivity contribution >= 4 is 11.4 Å². The summed E-state index contributed by atoms with van der Waals surface area (Å²) in [4.78, 5) is 3.97. The smallest absolute Gasteiger partial charge is 0.122 e. The van der Waals surface area contributed by atoms with Crippen LogP contribution in [0.3, 0.4) is 0 Å². The predicted octanol–water partition coefficient (Wildman–Crippen LogP) is 1.87. The largest absolute Gasteiger partial charge is 0.467 e. The van der Waals surface area contributed by atoms with E-state index in [1.807, 2.05) is 12.1 Å². The van der Waals surface area contributed by atoms with Crippen LogP contribution in [0.15, 0.2) is 41.3 Å². The molecule has 0 aliphatic heterocycles. The third kappa shape index (κ3) is 1.85. The van der Waals surface area contributed by atoms with E-state index in [4.69, 9.17) is 10.2 Å². The van der Waals surface area contributed by atoms with Gasteiger partial charge in [-0.2, -0.15) is 0 Å². The summed E-state index contributed by atoms with van der Waals surface area (Å²) >= 11 is 0. The van der Waals surface area contributed by atoms with Crippen molar-refractivity contribution in [2.45, 2.75) is 6.54 Å². The molecule has 0 saturated heterocycles. The lowest BCUT2D eigenvalue weighted by Gasteiger charge is -2.05. The second kappa shape index (κ2) is 3.83. The quantitative estimate of drug-likeness (QED) is 0.773. The van der Waals surface area contributed by atoms with Crippen LogP contribution < -0.4 is 11.1 Å². The van der Waals surface area contributed by atoms with Crippen molar-refractivity contribution < 1.29 is 4.42 Å². The van der Waals surface area contributed by atoms with Gasteiger partial charge < -0.3 is 15.5 Å². The number of nitrogens with two attached hydrogens (primary N) is 1. The van der Waals surface area contributed by atoms with Crippen molar-refractivity contribution in [2.75, 3.05) is 11.1 Å². The Morgan fingerprint density at radius 2 is 2.36 bits per heavy atom. The molecule has 2 aromatic heterocycles. The van der Waals surface area contributed by atoms with Crippen LogP contribution in [-0.2, 0) is 6.54 Å². The second-order valence-corrected chi connectivity index (χ2v) is 2.90. The van der Waals surface area contributed by atoms with E-state index >= 15 is 0 Å². The molecule has 0 bridgehead atoms. The summed E-state index contributed by atoms with van der Waals surface area (Å²) in [5.74, 6) is 0.869. The molecule has 2 rings (SSSR count). The van der Waals surface area contributed by atoms with E-state index in [1.165, 1.54) is 0 Å². The van der Waals surface area contributed by atoms with Gasteiger partial charge in [-0.3, -0.25) is 4.98 Å². The molecule has 0 aliphatic rings. The van der Waals surface area contributed by atoms with Gasteiger partial charge in [0.25, 0.3) is 0 Å². The number of hydrogen-bond acceptors (Lipinski definition) is 4. The maximum absolute atomic E-state index is 5.73. The number of aromatic nitrogens is 1. The highest BCUT2D eigenvalue weighted by molar-refractivity contribution is 5.63. The van der Waals surface area contributed by atoms with E-state index in [0.29, 0.717) is 12.2 Å². The Labute approximate surface area is 81.8 Å². The molecule has 0 amide bonds. The van der Waals surface area contributed by atoms with Gasteiger partial charge in [0.2, 0.25) is 0 Å². The number of nitrogens with zero attached hydrogens (tertiary/aromatic N) is 1. The molecular weight excluding hydrogens is 178 g/mol. The summed E-state index contributed by atoms with van der Waals surface area (Å²) in [6.45, 7) is 0.614. The summed E-state index contributed by atoms with van der Waals surface area (Å²) in [7, 11) is 0. The summed E-state index contributed by atoms with van der Waals surface area (Å²) in [5, 5.41) is 3.13. The first-order valence-electron chi connectivity index (χ1n) is 4.32. The summed E-state index contributed by atoms with van der Waals surface area (Å²) in [5.41, 5.74) is 7.24. The summed E-state index contributed by atoms with van der Waals surface area (Å²) < 4.78 is 5.17.